The second kappa shape index (κ2) is 11.8. The van der Waals surface area contributed by atoms with Gasteiger partial charge in [0.05, 0.1) is 16.7 Å². The molecule has 52 heavy (non-hydrogen) atoms. The molecule has 9 aromatic rings. The summed E-state index contributed by atoms with van der Waals surface area (Å²) in [6, 6.07) is 65.7. The lowest BCUT2D eigenvalue weighted by atomic mass is 9.82. The molecule has 1 aliphatic heterocycles. The standard InChI is InChI=1S/C49H37N3/c1-49(2)44-32-41(30-31-46(44)50-33-43-42-20-12-13-21-45(42)52(47(43)48(49)50)38-18-10-5-11-19-38)51(39-26-22-36(23-27-39)34-14-6-3-7-15-34)40-28-24-37(25-29-40)35-16-8-4-9-17-35/h3-33H,1-2H3. The maximum absolute atomic E-state index is 2.46. The first-order valence-corrected chi connectivity index (χ1v) is 18.0. The van der Waals surface area contributed by atoms with Crippen molar-refractivity contribution in [3.05, 3.63) is 199 Å². The summed E-state index contributed by atoms with van der Waals surface area (Å²) in [5.41, 5.74) is 15.5. The number of para-hydroxylation sites is 2. The molecule has 0 radical (unpaired) electrons. The van der Waals surface area contributed by atoms with Crippen molar-refractivity contribution in [1.82, 2.24) is 9.13 Å². The van der Waals surface area contributed by atoms with Crippen molar-refractivity contribution in [2.45, 2.75) is 19.3 Å². The minimum atomic E-state index is -0.256. The molecule has 0 spiro atoms. The lowest BCUT2D eigenvalue weighted by Crippen LogP contribution is -2.18. The van der Waals surface area contributed by atoms with Gasteiger partial charge in [-0.25, -0.2) is 0 Å². The molecule has 0 fully saturated rings. The number of nitrogens with zero attached hydrogens (tertiary/aromatic N) is 3. The smallest absolute Gasteiger partial charge is 0.0763 e. The first-order valence-electron chi connectivity index (χ1n) is 18.0. The van der Waals surface area contributed by atoms with Gasteiger partial charge in [0.2, 0.25) is 0 Å². The average Bonchev–Trinajstić information content (AvgIpc) is 3.81. The Balaban J connectivity index is 1.13. The Kier molecular flexibility index (Phi) is 6.84. The predicted molar refractivity (Wildman–Crippen MR) is 218 cm³/mol. The van der Waals surface area contributed by atoms with Crippen LogP contribution < -0.4 is 4.90 Å². The fourth-order valence-electron chi connectivity index (χ4n) is 8.38. The molecule has 1 aliphatic rings. The van der Waals surface area contributed by atoms with Crippen molar-refractivity contribution in [1.29, 1.82) is 0 Å². The van der Waals surface area contributed by atoms with Crippen LogP contribution in [0.15, 0.2) is 188 Å². The zero-order chi connectivity index (χ0) is 34.8. The van der Waals surface area contributed by atoms with Crippen molar-refractivity contribution >= 4 is 38.9 Å². The van der Waals surface area contributed by atoms with Gasteiger partial charge in [-0.15, -0.1) is 0 Å². The van der Waals surface area contributed by atoms with Gasteiger partial charge < -0.3 is 14.0 Å². The fourth-order valence-corrected chi connectivity index (χ4v) is 8.38. The molecule has 0 amide bonds. The maximum atomic E-state index is 2.46. The molecular formula is C49H37N3. The Morgan fingerprint density at radius 3 is 1.56 bits per heavy atom. The van der Waals surface area contributed by atoms with Gasteiger partial charge in [0.25, 0.3) is 0 Å². The van der Waals surface area contributed by atoms with E-state index < -0.39 is 0 Å². The van der Waals surface area contributed by atoms with Gasteiger partial charge in [0.1, 0.15) is 0 Å². The largest absolute Gasteiger partial charge is 0.317 e. The van der Waals surface area contributed by atoms with Crippen LogP contribution in [0, 0.1) is 0 Å². The number of anilines is 3. The Labute approximate surface area is 304 Å². The summed E-state index contributed by atoms with van der Waals surface area (Å²) < 4.78 is 4.91. The van der Waals surface area contributed by atoms with Crippen LogP contribution in [0.3, 0.4) is 0 Å². The number of benzene rings is 7. The van der Waals surface area contributed by atoms with Crippen LogP contribution in [0.25, 0.3) is 55.4 Å². The Morgan fingerprint density at radius 1 is 0.462 bits per heavy atom. The third-order valence-corrected chi connectivity index (χ3v) is 10.9. The minimum absolute atomic E-state index is 0.256. The second-order valence-electron chi connectivity index (χ2n) is 14.3. The monoisotopic (exact) mass is 667 g/mol. The first-order chi connectivity index (χ1) is 25.6. The van der Waals surface area contributed by atoms with Crippen molar-refractivity contribution < 1.29 is 0 Å². The van der Waals surface area contributed by atoms with Crippen LogP contribution in [0.1, 0.15) is 25.1 Å². The van der Waals surface area contributed by atoms with Crippen LogP contribution in [0.5, 0.6) is 0 Å². The van der Waals surface area contributed by atoms with E-state index in [2.05, 4.69) is 216 Å². The summed E-state index contributed by atoms with van der Waals surface area (Å²) in [4.78, 5) is 2.39. The molecule has 3 nitrogen and oxygen atoms in total. The van der Waals surface area contributed by atoms with Gasteiger partial charge in [-0.3, -0.25) is 0 Å². The summed E-state index contributed by atoms with van der Waals surface area (Å²) in [5.74, 6) is 0. The number of hydrogen-bond donors (Lipinski definition) is 0. The van der Waals surface area contributed by atoms with Crippen LogP contribution >= 0.6 is 0 Å². The van der Waals surface area contributed by atoms with E-state index in [4.69, 9.17) is 0 Å². The SMILES string of the molecule is CC1(C)c2cc(N(c3ccc(-c4ccccc4)cc3)c3ccc(-c4ccccc4)cc3)ccc2-n2cc3c4ccccc4n(-c4ccccc4)c3c21. The zero-order valence-electron chi connectivity index (χ0n) is 29.2. The van der Waals surface area contributed by atoms with Gasteiger partial charge in [-0.1, -0.05) is 135 Å². The Bertz CT molecular complexity index is 2630. The molecule has 248 valence electrons. The summed E-state index contributed by atoms with van der Waals surface area (Å²) in [6.07, 6.45) is 2.36. The van der Waals surface area contributed by atoms with E-state index in [-0.39, 0.29) is 5.41 Å². The molecule has 2 aromatic heterocycles. The lowest BCUT2D eigenvalue weighted by Gasteiger charge is -2.28. The molecule has 0 saturated heterocycles. The molecule has 0 bridgehead atoms. The van der Waals surface area contributed by atoms with Crippen LogP contribution in [-0.4, -0.2) is 9.13 Å². The highest BCUT2D eigenvalue weighted by Crippen LogP contribution is 2.51. The summed E-state index contributed by atoms with van der Waals surface area (Å²) in [5, 5.41) is 2.57. The summed E-state index contributed by atoms with van der Waals surface area (Å²) in [6.45, 7) is 4.77. The molecule has 10 rings (SSSR count). The second-order valence-corrected chi connectivity index (χ2v) is 14.3. The Hall–Kier alpha value is -6.58. The average molecular weight is 668 g/mol. The fraction of sp³-hybridized carbons (Fsp3) is 0.0612. The molecule has 7 aromatic carbocycles. The molecule has 3 heterocycles. The highest BCUT2D eigenvalue weighted by Gasteiger charge is 2.40. The van der Waals surface area contributed by atoms with Gasteiger partial charge in [-0.2, -0.15) is 0 Å². The van der Waals surface area contributed by atoms with Gasteiger partial charge in [0.15, 0.2) is 0 Å². The first kappa shape index (κ1) is 30.3. The van der Waals surface area contributed by atoms with E-state index in [1.54, 1.807) is 0 Å². The van der Waals surface area contributed by atoms with Crippen molar-refractivity contribution in [2.24, 2.45) is 0 Å². The lowest BCUT2D eigenvalue weighted by molar-refractivity contribution is 0.646. The van der Waals surface area contributed by atoms with Crippen molar-refractivity contribution in [3.8, 4) is 33.6 Å². The number of fused-ring (bicyclic) bond motifs is 7. The van der Waals surface area contributed by atoms with E-state index >= 15 is 0 Å². The van der Waals surface area contributed by atoms with E-state index in [0.717, 1.165) is 17.1 Å². The maximum Gasteiger partial charge on any atom is 0.0763 e. The number of aromatic nitrogens is 2. The molecule has 0 aliphatic carbocycles. The van der Waals surface area contributed by atoms with E-state index in [0.29, 0.717) is 0 Å². The normalized spacial score (nSPS) is 13.0. The summed E-state index contributed by atoms with van der Waals surface area (Å²) in [7, 11) is 0. The quantitative estimate of drug-likeness (QED) is 0.172. The van der Waals surface area contributed by atoms with Gasteiger partial charge in [-0.05, 0) is 88.5 Å². The third kappa shape index (κ3) is 4.66. The van der Waals surface area contributed by atoms with Crippen LogP contribution in [0.2, 0.25) is 0 Å². The molecule has 3 heteroatoms. The number of rotatable bonds is 6. The third-order valence-electron chi connectivity index (χ3n) is 10.9. The van der Waals surface area contributed by atoms with Crippen molar-refractivity contribution in [3.63, 3.8) is 0 Å². The van der Waals surface area contributed by atoms with E-state index in [9.17, 15) is 0 Å². The van der Waals surface area contributed by atoms with Crippen LogP contribution in [0.4, 0.5) is 17.1 Å². The molecule has 0 saturated carbocycles. The number of hydrogen-bond acceptors (Lipinski definition) is 1. The van der Waals surface area contributed by atoms with Crippen LogP contribution in [-0.2, 0) is 5.41 Å². The summed E-state index contributed by atoms with van der Waals surface area (Å²) >= 11 is 0. The topological polar surface area (TPSA) is 13.1 Å². The molecular weight excluding hydrogens is 631 g/mol. The molecule has 0 atom stereocenters. The highest BCUT2D eigenvalue weighted by molar-refractivity contribution is 6.11. The van der Waals surface area contributed by atoms with E-state index in [1.807, 2.05) is 0 Å². The Morgan fingerprint density at radius 2 is 0.962 bits per heavy atom. The molecule has 0 N–H and O–H groups in total. The zero-order valence-corrected chi connectivity index (χ0v) is 29.2. The van der Waals surface area contributed by atoms with Gasteiger partial charge in [0, 0.05) is 50.8 Å². The minimum Gasteiger partial charge on any atom is -0.317 e. The van der Waals surface area contributed by atoms with E-state index in [1.165, 1.54) is 66.7 Å². The van der Waals surface area contributed by atoms with Crippen molar-refractivity contribution in [2.75, 3.05) is 4.90 Å². The van der Waals surface area contributed by atoms with Gasteiger partial charge >= 0.3 is 0 Å². The molecule has 0 unspecified atom stereocenters. The predicted octanol–water partition coefficient (Wildman–Crippen LogP) is 13.0. The highest BCUT2D eigenvalue weighted by atomic mass is 15.1.